The molecule has 0 atom stereocenters. The Morgan fingerprint density at radius 3 is 1.29 bits per heavy atom. The molecule has 2 aliphatic carbocycles. The summed E-state index contributed by atoms with van der Waals surface area (Å²) >= 11 is 0. The van der Waals surface area contributed by atoms with E-state index >= 15 is 0 Å². The summed E-state index contributed by atoms with van der Waals surface area (Å²) in [6.45, 7) is 0. The fraction of sp³-hybridized carbons (Fsp3) is 0. The summed E-state index contributed by atoms with van der Waals surface area (Å²) < 4.78 is 62.2. The van der Waals surface area contributed by atoms with Crippen LogP contribution in [0.2, 0.25) is 0 Å². The van der Waals surface area contributed by atoms with E-state index in [-0.39, 0.29) is 15.3 Å². The van der Waals surface area contributed by atoms with Gasteiger partial charge in [0.25, 0.3) is 20.2 Å². The SMILES string of the molecule is O.O=S(=O)(O)C1=Cc2cc3c(cc2=C1)C=C(S(=O)(=O)O)C=3. The van der Waals surface area contributed by atoms with Gasteiger partial charge in [-0.1, -0.05) is 0 Å². The van der Waals surface area contributed by atoms with Gasteiger partial charge in [-0.15, -0.1) is 0 Å². The molecule has 2 aliphatic rings. The van der Waals surface area contributed by atoms with Crippen LogP contribution in [0.4, 0.5) is 0 Å². The smallest absolute Gasteiger partial charge is 0.294 e. The van der Waals surface area contributed by atoms with Crippen LogP contribution in [0.15, 0.2) is 21.9 Å². The van der Waals surface area contributed by atoms with Crippen LogP contribution >= 0.6 is 0 Å². The molecular weight excluding hydrogens is 320 g/mol. The molecule has 1 aromatic rings. The van der Waals surface area contributed by atoms with Gasteiger partial charge in [0.15, 0.2) is 0 Å². The molecule has 0 bridgehead atoms. The summed E-state index contributed by atoms with van der Waals surface area (Å²) in [6, 6.07) is 3.18. The van der Waals surface area contributed by atoms with E-state index in [0.29, 0.717) is 21.6 Å². The minimum absolute atomic E-state index is 0. The van der Waals surface area contributed by atoms with Crippen LogP contribution in [-0.2, 0) is 20.2 Å². The quantitative estimate of drug-likeness (QED) is 0.660. The van der Waals surface area contributed by atoms with Gasteiger partial charge in [-0.05, 0) is 58.0 Å². The first-order chi connectivity index (χ1) is 9.14. The molecule has 112 valence electrons. The minimum atomic E-state index is -4.27. The molecule has 0 saturated carbocycles. The maximum absolute atomic E-state index is 11.1. The van der Waals surface area contributed by atoms with Gasteiger partial charge in [0.05, 0.1) is 9.81 Å². The zero-order valence-electron chi connectivity index (χ0n) is 10.3. The molecule has 0 spiro atoms. The van der Waals surface area contributed by atoms with Crippen molar-refractivity contribution in [2.24, 2.45) is 0 Å². The van der Waals surface area contributed by atoms with Crippen LogP contribution in [0.5, 0.6) is 0 Å². The van der Waals surface area contributed by atoms with Crippen LogP contribution in [0.25, 0.3) is 24.3 Å². The predicted octanol–water partition coefficient (Wildman–Crippen LogP) is -1.09. The Morgan fingerprint density at radius 2 is 1.00 bits per heavy atom. The highest BCUT2D eigenvalue weighted by Crippen LogP contribution is 2.19. The lowest BCUT2D eigenvalue weighted by Crippen LogP contribution is -2.12. The Bertz CT molecular complexity index is 940. The molecule has 9 heteroatoms. The van der Waals surface area contributed by atoms with Crippen LogP contribution in [0, 0.1) is 0 Å². The van der Waals surface area contributed by atoms with Gasteiger partial charge >= 0.3 is 0 Å². The molecular formula is C12H10O7S2. The number of benzene rings is 1. The van der Waals surface area contributed by atoms with Gasteiger partial charge in [-0.25, -0.2) is 0 Å². The summed E-state index contributed by atoms with van der Waals surface area (Å²) in [5.41, 5.74) is 1.11. The van der Waals surface area contributed by atoms with Crippen molar-refractivity contribution in [1.29, 1.82) is 0 Å². The van der Waals surface area contributed by atoms with Gasteiger partial charge in [-0.2, -0.15) is 16.8 Å². The third-order valence-corrected chi connectivity index (χ3v) is 4.74. The van der Waals surface area contributed by atoms with E-state index in [4.69, 9.17) is 9.11 Å². The first-order valence-corrected chi connectivity index (χ1v) is 8.28. The second-order valence-corrected chi connectivity index (χ2v) is 7.29. The molecule has 0 saturated heterocycles. The van der Waals surface area contributed by atoms with Gasteiger partial charge in [-0.3, -0.25) is 9.11 Å². The molecule has 0 aromatic heterocycles. The average molecular weight is 330 g/mol. The largest absolute Gasteiger partial charge is 0.412 e. The zero-order valence-corrected chi connectivity index (χ0v) is 11.9. The topological polar surface area (TPSA) is 140 Å². The molecule has 0 fully saturated rings. The second-order valence-electron chi connectivity index (χ2n) is 4.44. The van der Waals surface area contributed by atoms with E-state index in [1.54, 1.807) is 12.1 Å². The Hall–Kier alpha value is -1.78. The molecule has 3 rings (SSSR count). The average Bonchev–Trinajstić information content (AvgIpc) is 2.85. The Labute approximate surface area is 120 Å². The predicted molar refractivity (Wildman–Crippen MR) is 77.3 cm³/mol. The summed E-state index contributed by atoms with van der Waals surface area (Å²) in [6.07, 6.45) is 5.18. The Kier molecular flexibility index (Phi) is 3.43. The van der Waals surface area contributed by atoms with Crippen molar-refractivity contribution in [3.8, 4) is 0 Å². The lowest BCUT2D eigenvalue weighted by molar-refractivity contribution is 0.490. The number of fused-ring (bicyclic) bond motifs is 2. The summed E-state index contributed by atoms with van der Waals surface area (Å²) in [5, 5.41) is 1.11. The van der Waals surface area contributed by atoms with Crippen molar-refractivity contribution >= 4 is 44.5 Å². The summed E-state index contributed by atoms with van der Waals surface area (Å²) in [7, 11) is -8.55. The zero-order chi connectivity index (χ0) is 14.7. The fourth-order valence-corrected chi connectivity index (χ4v) is 3.27. The van der Waals surface area contributed by atoms with Crippen LogP contribution < -0.4 is 10.4 Å². The molecule has 0 unspecified atom stereocenters. The molecule has 1 aromatic carbocycles. The van der Waals surface area contributed by atoms with E-state index in [0.717, 1.165) is 0 Å². The second kappa shape index (κ2) is 4.61. The van der Waals surface area contributed by atoms with Gasteiger partial charge in [0.1, 0.15) is 0 Å². The van der Waals surface area contributed by atoms with Crippen molar-refractivity contribution < 1.29 is 31.4 Å². The molecule has 0 aliphatic heterocycles. The molecule has 4 N–H and O–H groups in total. The van der Waals surface area contributed by atoms with Crippen LogP contribution in [0.3, 0.4) is 0 Å². The maximum atomic E-state index is 11.1. The van der Waals surface area contributed by atoms with E-state index in [1.807, 2.05) is 0 Å². The normalized spacial score (nSPS) is 15.9. The lowest BCUT2D eigenvalue weighted by Gasteiger charge is -1.94. The van der Waals surface area contributed by atoms with Crippen molar-refractivity contribution in [2.45, 2.75) is 0 Å². The third kappa shape index (κ3) is 2.69. The first kappa shape index (κ1) is 15.6. The fourth-order valence-electron chi connectivity index (χ4n) is 2.16. The monoisotopic (exact) mass is 330 g/mol. The molecule has 0 heterocycles. The van der Waals surface area contributed by atoms with Crippen molar-refractivity contribution in [2.75, 3.05) is 0 Å². The lowest BCUT2D eigenvalue weighted by atomic mass is 10.1. The molecule has 7 nitrogen and oxygen atoms in total. The van der Waals surface area contributed by atoms with Crippen LogP contribution in [0.1, 0.15) is 11.1 Å². The van der Waals surface area contributed by atoms with E-state index < -0.39 is 20.2 Å². The third-order valence-electron chi connectivity index (χ3n) is 3.08. The highest BCUT2D eigenvalue weighted by Gasteiger charge is 2.19. The standard InChI is InChI=1S/C12H8O6S2.H2O/c13-19(14,15)11-3-7-1-8-4-12(20(16,17)18)6-10(8)2-9(7)5-11;/h1-6H,(H,13,14,15)(H,16,17,18);1H2. The number of hydrogen-bond acceptors (Lipinski definition) is 4. The summed E-state index contributed by atoms with van der Waals surface area (Å²) in [5.74, 6) is 0. The number of allylic oxidation sites excluding steroid dienone is 2. The van der Waals surface area contributed by atoms with Crippen molar-refractivity contribution in [1.82, 2.24) is 0 Å². The summed E-state index contributed by atoms with van der Waals surface area (Å²) in [4.78, 5) is -0.426. The van der Waals surface area contributed by atoms with Gasteiger partial charge < -0.3 is 5.48 Å². The molecule has 0 amide bonds. The Morgan fingerprint density at radius 1 is 0.667 bits per heavy atom. The Balaban J connectivity index is 0.00000161. The van der Waals surface area contributed by atoms with E-state index in [2.05, 4.69) is 0 Å². The maximum Gasteiger partial charge on any atom is 0.294 e. The van der Waals surface area contributed by atoms with Gasteiger partial charge in [0.2, 0.25) is 0 Å². The number of rotatable bonds is 2. The van der Waals surface area contributed by atoms with Crippen molar-refractivity contribution in [3.05, 3.63) is 43.5 Å². The van der Waals surface area contributed by atoms with Gasteiger partial charge in [0, 0.05) is 0 Å². The highest BCUT2D eigenvalue weighted by atomic mass is 32.2. The van der Waals surface area contributed by atoms with E-state index in [1.165, 1.54) is 24.3 Å². The first-order valence-electron chi connectivity index (χ1n) is 5.40. The van der Waals surface area contributed by atoms with Crippen LogP contribution in [-0.4, -0.2) is 31.4 Å². The minimum Gasteiger partial charge on any atom is -0.412 e. The molecule has 21 heavy (non-hydrogen) atoms. The molecule has 0 radical (unpaired) electrons. The van der Waals surface area contributed by atoms with E-state index in [9.17, 15) is 16.8 Å². The van der Waals surface area contributed by atoms with Crippen molar-refractivity contribution in [3.63, 3.8) is 0 Å². The highest BCUT2D eigenvalue weighted by molar-refractivity contribution is 7.90. The number of hydrogen-bond donors (Lipinski definition) is 2.